The highest BCUT2D eigenvalue weighted by molar-refractivity contribution is 9.11. The topological polar surface area (TPSA) is 55.2 Å². The number of benzene rings is 2. The van der Waals surface area contributed by atoms with Crippen LogP contribution in [0.15, 0.2) is 51.4 Å². The first-order valence-electron chi connectivity index (χ1n) is 6.47. The molecule has 2 aromatic carbocycles. The number of nitrogens with zero attached hydrogens (tertiary/aromatic N) is 1. The van der Waals surface area contributed by atoms with Crippen LogP contribution in [0.1, 0.15) is 24.9 Å². The molecule has 1 atom stereocenters. The fraction of sp³-hybridized carbons (Fsp3) is 0.200. The van der Waals surface area contributed by atoms with Crippen molar-refractivity contribution in [1.82, 2.24) is 0 Å². The molecular weight excluding hydrogens is 400 g/mol. The second-order valence-corrected chi connectivity index (χ2v) is 6.26. The molecule has 0 saturated carbocycles. The maximum atomic E-state index is 10.9. The summed E-state index contributed by atoms with van der Waals surface area (Å²) in [5.41, 5.74) is 1.95. The predicted octanol–water partition coefficient (Wildman–Crippen LogP) is 5.68. The quantitative estimate of drug-likeness (QED) is 0.506. The van der Waals surface area contributed by atoms with Gasteiger partial charge >= 0.3 is 0 Å². The van der Waals surface area contributed by atoms with Crippen LogP contribution in [0.4, 0.5) is 11.4 Å². The van der Waals surface area contributed by atoms with E-state index in [0.717, 1.165) is 26.6 Å². The second kappa shape index (κ2) is 7.04. The third kappa shape index (κ3) is 3.83. The van der Waals surface area contributed by atoms with Gasteiger partial charge in [-0.25, -0.2) is 0 Å². The lowest BCUT2D eigenvalue weighted by atomic mass is 10.0. The van der Waals surface area contributed by atoms with Gasteiger partial charge < -0.3 is 5.32 Å². The van der Waals surface area contributed by atoms with Crippen LogP contribution in [0.5, 0.6) is 0 Å². The highest BCUT2D eigenvalue weighted by atomic mass is 79.9. The molecule has 0 bridgehead atoms. The maximum absolute atomic E-state index is 10.9. The van der Waals surface area contributed by atoms with Crippen molar-refractivity contribution in [2.45, 2.75) is 19.4 Å². The van der Waals surface area contributed by atoms with E-state index < -0.39 is 0 Å². The Morgan fingerprint density at radius 2 is 1.81 bits per heavy atom. The molecule has 0 fully saturated rings. The Hall–Kier alpha value is -1.40. The number of rotatable bonds is 5. The molecule has 0 saturated heterocycles. The second-order valence-electron chi connectivity index (χ2n) is 4.55. The molecule has 0 amide bonds. The Morgan fingerprint density at radius 3 is 2.38 bits per heavy atom. The highest BCUT2D eigenvalue weighted by Crippen LogP contribution is 2.34. The van der Waals surface area contributed by atoms with Gasteiger partial charge in [-0.15, -0.1) is 0 Å². The summed E-state index contributed by atoms with van der Waals surface area (Å²) >= 11 is 7.03. The normalized spacial score (nSPS) is 12.0. The van der Waals surface area contributed by atoms with Crippen molar-refractivity contribution in [2.24, 2.45) is 0 Å². The van der Waals surface area contributed by atoms with Crippen molar-refractivity contribution >= 4 is 43.2 Å². The van der Waals surface area contributed by atoms with Crippen LogP contribution < -0.4 is 5.32 Å². The summed E-state index contributed by atoms with van der Waals surface area (Å²) in [5, 5.41) is 14.3. The summed E-state index contributed by atoms with van der Waals surface area (Å²) in [6.45, 7) is 2.04. The summed E-state index contributed by atoms with van der Waals surface area (Å²) in [5.74, 6) is 0. The molecule has 1 unspecified atom stereocenters. The lowest BCUT2D eigenvalue weighted by molar-refractivity contribution is -0.384. The number of para-hydroxylation sites is 1. The zero-order valence-electron chi connectivity index (χ0n) is 11.3. The Balaban J connectivity index is 2.32. The van der Waals surface area contributed by atoms with E-state index >= 15 is 0 Å². The summed E-state index contributed by atoms with van der Waals surface area (Å²) in [7, 11) is 0. The van der Waals surface area contributed by atoms with Gasteiger partial charge in [0.25, 0.3) is 5.69 Å². The molecular formula is C15H14Br2N2O2. The monoisotopic (exact) mass is 412 g/mol. The number of anilines is 1. The average Bonchev–Trinajstić information content (AvgIpc) is 2.47. The highest BCUT2D eigenvalue weighted by Gasteiger charge is 2.15. The fourth-order valence-electron chi connectivity index (χ4n) is 2.09. The Bertz CT molecular complexity index is 642. The zero-order chi connectivity index (χ0) is 15.4. The SMILES string of the molecule is CCC(Nc1c(Br)cccc1Br)c1cccc([N+](=O)[O-])c1. The minimum Gasteiger partial charge on any atom is -0.376 e. The summed E-state index contributed by atoms with van der Waals surface area (Å²) in [6.07, 6.45) is 0.814. The lowest BCUT2D eigenvalue weighted by Gasteiger charge is -2.20. The van der Waals surface area contributed by atoms with E-state index in [1.165, 1.54) is 6.07 Å². The number of hydrogen-bond donors (Lipinski definition) is 1. The van der Waals surface area contributed by atoms with Gasteiger partial charge in [-0.2, -0.15) is 0 Å². The molecule has 0 aliphatic rings. The van der Waals surface area contributed by atoms with E-state index in [1.807, 2.05) is 31.2 Å². The number of nitro benzene ring substituents is 1. The molecule has 110 valence electrons. The van der Waals surface area contributed by atoms with E-state index in [9.17, 15) is 10.1 Å². The van der Waals surface area contributed by atoms with Gasteiger partial charge in [0.15, 0.2) is 0 Å². The Morgan fingerprint density at radius 1 is 1.19 bits per heavy atom. The van der Waals surface area contributed by atoms with Crippen molar-refractivity contribution in [3.8, 4) is 0 Å². The largest absolute Gasteiger partial charge is 0.376 e. The van der Waals surface area contributed by atoms with E-state index in [4.69, 9.17) is 0 Å². The van der Waals surface area contributed by atoms with Crippen molar-refractivity contribution in [2.75, 3.05) is 5.32 Å². The standard InChI is InChI=1S/C15H14Br2N2O2/c1-2-14(10-5-3-6-11(9-10)19(20)21)18-15-12(16)7-4-8-13(15)17/h3-9,14,18H,2H2,1H3. The van der Waals surface area contributed by atoms with Crippen molar-refractivity contribution < 1.29 is 4.92 Å². The first-order valence-corrected chi connectivity index (χ1v) is 8.06. The molecule has 21 heavy (non-hydrogen) atoms. The van der Waals surface area contributed by atoms with Crippen molar-refractivity contribution in [3.63, 3.8) is 0 Å². The van der Waals surface area contributed by atoms with Crippen molar-refractivity contribution in [3.05, 3.63) is 67.1 Å². The number of non-ortho nitro benzene ring substituents is 1. The summed E-state index contributed by atoms with van der Waals surface area (Å²) in [4.78, 5) is 10.5. The summed E-state index contributed by atoms with van der Waals surface area (Å²) < 4.78 is 1.89. The average molecular weight is 414 g/mol. The molecule has 1 N–H and O–H groups in total. The van der Waals surface area contributed by atoms with Crippen LogP contribution in [0.25, 0.3) is 0 Å². The van der Waals surface area contributed by atoms with Crippen LogP contribution in [-0.4, -0.2) is 4.92 Å². The third-order valence-corrected chi connectivity index (χ3v) is 4.49. The van der Waals surface area contributed by atoms with Gasteiger partial charge in [-0.1, -0.05) is 25.1 Å². The van der Waals surface area contributed by atoms with Crippen LogP contribution in [0.3, 0.4) is 0 Å². The lowest BCUT2D eigenvalue weighted by Crippen LogP contribution is -2.10. The Kier molecular flexibility index (Phi) is 5.36. The molecule has 2 rings (SSSR count). The molecule has 0 aliphatic heterocycles. The van der Waals surface area contributed by atoms with Crippen LogP contribution >= 0.6 is 31.9 Å². The minimum atomic E-state index is -0.370. The van der Waals surface area contributed by atoms with Crippen LogP contribution in [-0.2, 0) is 0 Å². The number of nitro groups is 1. The van der Waals surface area contributed by atoms with Crippen LogP contribution in [0.2, 0.25) is 0 Å². The van der Waals surface area contributed by atoms with Gasteiger partial charge in [0.2, 0.25) is 0 Å². The van der Waals surface area contributed by atoms with Gasteiger partial charge in [-0.05, 0) is 56.0 Å². The van der Waals surface area contributed by atoms with Gasteiger partial charge in [0, 0.05) is 21.1 Å². The predicted molar refractivity (Wildman–Crippen MR) is 91.6 cm³/mol. The molecule has 0 aliphatic carbocycles. The van der Waals surface area contributed by atoms with Crippen LogP contribution in [0, 0.1) is 10.1 Å². The van der Waals surface area contributed by atoms with E-state index in [1.54, 1.807) is 12.1 Å². The zero-order valence-corrected chi connectivity index (χ0v) is 14.5. The molecule has 0 radical (unpaired) electrons. The Labute approximate surface area is 140 Å². The first-order chi connectivity index (χ1) is 10.0. The third-order valence-electron chi connectivity index (χ3n) is 3.17. The van der Waals surface area contributed by atoms with Gasteiger partial charge in [0.05, 0.1) is 16.7 Å². The van der Waals surface area contributed by atoms with Crippen molar-refractivity contribution in [1.29, 1.82) is 0 Å². The van der Waals surface area contributed by atoms with Gasteiger partial charge in [0.1, 0.15) is 0 Å². The molecule has 0 spiro atoms. The van der Waals surface area contributed by atoms with E-state index in [2.05, 4.69) is 37.2 Å². The number of halogens is 2. The molecule has 0 aromatic heterocycles. The molecule has 6 heteroatoms. The van der Waals surface area contributed by atoms with E-state index in [-0.39, 0.29) is 16.7 Å². The fourth-order valence-corrected chi connectivity index (χ4v) is 3.31. The molecule has 0 heterocycles. The smallest absolute Gasteiger partial charge is 0.269 e. The number of hydrogen-bond acceptors (Lipinski definition) is 3. The van der Waals surface area contributed by atoms with Gasteiger partial charge in [-0.3, -0.25) is 10.1 Å². The summed E-state index contributed by atoms with van der Waals surface area (Å²) in [6, 6.07) is 12.6. The molecule has 4 nitrogen and oxygen atoms in total. The minimum absolute atomic E-state index is 0.0000926. The molecule has 2 aromatic rings. The number of nitrogens with one attached hydrogen (secondary N) is 1. The first kappa shape index (κ1) is 16.0. The van der Waals surface area contributed by atoms with E-state index in [0.29, 0.717) is 0 Å². The maximum Gasteiger partial charge on any atom is 0.269 e.